The number of benzene rings is 1. The number of nitrogens with one attached hydrogen (secondary N) is 1. The molecular weight excluding hydrogens is 308 g/mol. The summed E-state index contributed by atoms with van der Waals surface area (Å²) in [7, 11) is 1.09. The van der Waals surface area contributed by atoms with Gasteiger partial charge in [0, 0.05) is 11.1 Å². The van der Waals surface area contributed by atoms with E-state index in [4.69, 9.17) is 4.42 Å². The van der Waals surface area contributed by atoms with Crippen LogP contribution in [0.5, 0.6) is 0 Å². The Bertz CT molecular complexity index is 756. The highest BCUT2D eigenvalue weighted by Gasteiger charge is 2.41. The number of hydrogen-bond donors (Lipinski definition) is 1. The van der Waals surface area contributed by atoms with E-state index in [-0.39, 0.29) is 11.3 Å². The fourth-order valence-corrected chi connectivity index (χ4v) is 2.20. The van der Waals surface area contributed by atoms with Crippen LogP contribution < -0.4 is 5.32 Å². The lowest BCUT2D eigenvalue weighted by Crippen LogP contribution is -2.50. The number of furan rings is 1. The molecule has 0 saturated heterocycles. The van der Waals surface area contributed by atoms with E-state index in [1.165, 1.54) is 13.2 Å². The molecule has 1 aromatic carbocycles. The second-order valence-electron chi connectivity index (χ2n) is 5.13. The molecule has 1 aromatic heterocycles. The number of methoxy groups -OCH3 is 1. The van der Waals surface area contributed by atoms with Crippen LogP contribution in [0.1, 0.15) is 28.6 Å². The Morgan fingerprint density at radius 1 is 1.26 bits per heavy atom. The zero-order valence-corrected chi connectivity index (χ0v) is 12.8. The van der Waals surface area contributed by atoms with Crippen LogP contribution in [0.15, 0.2) is 34.9 Å². The summed E-state index contributed by atoms with van der Waals surface area (Å²) in [6.07, 6.45) is 1.31. The Hall–Kier alpha value is -2.70. The lowest BCUT2D eigenvalue weighted by Gasteiger charge is -2.28. The maximum Gasteiger partial charge on any atom is 0.336 e. The zero-order chi connectivity index (χ0) is 17.2. The third-order valence-electron chi connectivity index (χ3n) is 3.49. The molecule has 0 fully saturated rings. The summed E-state index contributed by atoms with van der Waals surface area (Å²) in [5.41, 5.74) is -1.73. The van der Waals surface area contributed by atoms with E-state index in [1.54, 1.807) is 13.0 Å². The highest BCUT2D eigenvalue weighted by atomic mass is 19.1. The molecule has 0 saturated carbocycles. The van der Waals surface area contributed by atoms with Crippen molar-refractivity contribution in [2.45, 2.75) is 19.4 Å². The first-order valence-electron chi connectivity index (χ1n) is 6.70. The number of ether oxygens (including phenoxy) is 1. The topological polar surface area (TPSA) is 68.5 Å². The number of amides is 1. The van der Waals surface area contributed by atoms with Gasteiger partial charge < -0.3 is 14.5 Å². The van der Waals surface area contributed by atoms with Gasteiger partial charge in [-0.05, 0) is 38.1 Å². The molecule has 1 N–H and O–H groups in total. The molecule has 0 unspecified atom stereocenters. The van der Waals surface area contributed by atoms with Crippen molar-refractivity contribution in [1.82, 2.24) is 5.32 Å². The molecule has 122 valence electrons. The van der Waals surface area contributed by atoms with Gasteiger partial charge in [0.1, 0.15) is 11.6 Å². The minimum Gasteiger partial charge on any atom is -0.467 e. The van der Waals surface area contributed by atoms with Crippen LogP contribution in [0.25, 0.3) is 0 Å². The number of hydrogen-bond acceptors (Lipinski definition) is 4. The molecule has 0 aliphatic heterocycles. The Kier molecular flexibility index (Phi) is 4.49. The largest absolute Gasteiger partial charge is 0.467 e. The summed E-state index contributed by atoms with van der Waals surface area (Å²) < 4.78 is 37.2. The predicted octanol–water partition coefficient (Wildman–Crippen LogP) is 2.68. The van der Waals surface area contributed by atoms with Crippen LogP contribution in [-0.4, -0.2) is 19.0 Å². The molecule has 2 rings (SSSR count). The highest BCUT2D eigenvalue weighted by molar-refractivity contribution is 5.97. The van der Waals surface area contributed by atoms with Crippen molar-refractivity contribution in [2.24, 2.45) is 0 Å². The molecule has 0 aliphatic carbocycles. The van der Waals surface area contributed by atoms with Gasteiger partial charge in [0.05, 0.1) is 13.4 Å². The first kappa shape index (κ1) is 16.7. The van der Waals surface area contributed by atoms with Gasteiger partial charge in [-0.25, -0.2) is 13.6 Å². The van der Waals surface area contributed by atoms with Crippen molar-refractivity contribution in [3.05, 3.63) is 59.1 Å². The lowest BCUT2D eigenvalue weighted by molar-refractivity contribution is -0.148. The van der Waals surface area contributed by atoms with Crippen molar-refractivity contribution >= 4 is 11.9 Å². The monoisotopic (exact) mass is 323 g/mol. The predicted molar refractivity (Wildman–Crippen MR) is 76.6 cm³/mol. The number of rotatable bonds is 4. The van der Waals surface area contributed by atoms with Gasteiger partial charge in [-0.2, -0.15) is 0 Å². The maximum absolute atomic E-state index is 14.1. The van der Waals surface area contributed by atoms with Crippen LogP contribution in [0.3, 0.4) is 0 Å². The van der Waals surface area contributed by atoms with Crippen LogP contribution in [-0.2, 0) is 15.1 Å². The van der Waals surface area contributed by atoms with E-state index >= 15 is 0 Å². The number of esters is 1. The van der Waals surface area contributed by atoms with Crippen molar-refractivity contribution in [3.8, 4) is 0 Å². The molecule has 1 atom stereocenters. The number of carbonyl (C=O) groups is 2. The maximum atomic E-state index is 14.1. The second kappa shape index (κ2) is 6.20. The number of halogens is 2. The molecule has 23 heavy (non-hydrogen) atoms. The standard InChI is InChI=1S/C16H15F2NO4/c1-9-6-7-23-13(9)14(20)19-16(2,15(21)22-3)11-8-10(17)4-5-12(11)18/h4-8H,1-3H3,(H,19,20)/t16-/m0/s1. The van der Waals surface area contributed by atoms with E-state index in [9.17, 15) is 18.4 Å². The lowest BCUT2D eigenvalue weighted by atomic mass is 9.91. The van der Waals surface area contributed by atoms with Crippen molar-refractivity contribution in [1.29, 1.82) is 0 Å². The van der Waals surface area contributed by atoms with Crippen LogP contribution in [0.2, 0.25) is 0 Å². The smallest absolute Gasteiger partial charge is 0.336 e. The quantitative estimate of drug-likeness (QED) is 0.879. The summed E-state index contributed by atoms with van der Waals surface area (Å²) in [5.74, 6) is -3.32. The van der Waals surface area contributed by atoms with Crippen molar-refractivity contribution < 1.29 is 27.5 Å². The first-order chi connectivity index (χ1) is 10.8. The Morgan fingerprint density at radius 2 is 1.96 bits per heavy atom. The molecule has 0 bridgehead atoms. The second-order valence-corrected chi connectivity index (χ2v) is 5.13. The Morgan fingerprint density at radius 3 is 2.52 bits per heavy atom. The van der Waals surface area contributed by atoms with Gasteiger partial charge in [0.25, 0.3) is 5.91 Å². The van der Waals surface area contributed by atoms with E-state index in [1.807, 2.05) is 0 Å². The van der Waals surface area contributed by atoms with Gasteiger partial charge in [0.2, 0.25) is 0 Å². The molecule has 2 aromatic rings. The average molecular weight is 323 g/mol. The van der Waals surface area contributed by atoms with Gasteiger partial charge in [-0.15, -0.1) is 0 Å². The molecule has 0 spiro atoms. The average Bonchev–Trinajstić information content (AvgIpc) is 2.94. The van der Waals surface area contributed by atoms with E-state index in [0.717, 1.165) is 25.3 Å². The van der Waals surface area contributed by atoms with Gasteiger partial charge in [0.15, 0.2) is 11.3 Å². The number of carbonyl (C=O) groups excluding carboxylic acids is 2. The Labute approximate surface area is 131 Å². The van der Waals surface area contributed by atoms with E-state index in [0.29, 0.717) is 5.56 Å². The van der Waals surface area contributed by atoms with Crippen LogP contribution in [0.4, 0.5) is 8.78 Å². The van der Waals surface area contributed by atoms with E-state index in [2.05, 4.69) is 10.1 Å². The fourth-order valence-electron chi connectivity index (χ4n) is 2.20. The van der Waals surface area contributed by atoms with Crippen molar-refractivity contribution in [2.75, 3.05) is 7.11 Å². The molecule has 1 heterocycles. The van der Waals surface area contributed by atoms with Gasteiger partial charge in [-0.3, -0.25) is 4.79 Å². The SMILES string of the molecule is COC(=O)[C@@](C)(NC(=O)c1occc1C)c1cc(F)ccc1F. The highest BCUT2D eigenvalue weighted by Crippen LogP contribution is 2.27. The summed E-state index contributed by atoms with van der Waals surface area (Å²) in [4.78, 5) is 24.4. The minimum absolute atomic E-state index is 0.0306. The number of aryl methyl sites for hydroxylation is 1. The van der Waals surface area contributed by atoms with Crippen LogP contribution in [0, 0.1) is 18.6 Å². The molecule has 0 aliphatic rings. The van der Waals surface area contributed by atoms with Gasteiger partial charge >= 0.3 is 5.97 Å². The summed E-state index contributed by atoms with van der Waals surface area (Å²) in [6.45, 7) is 2.86. The van der Waals surface area contributed by atoms with Crippen molar-refractivity contribution in [3.63, 3.8) is 0 Å². The first-order valence-corrected chi connectivity index (χ1v) is 6.70. The minimum atomic E-state index is -1.92. The molecule has 1 amide bonds. The third kappa shape index (κ3) is 3.08. The molecule has 7 heteroatoms. The fraction of sp³-hybridized carbons (Fsp3) is 0.250. The summed E-state index contributed by atoms with van der Waals surface area (Å²) in [6, 6.07) is 4.18. The Balaban J connectivity index is 2.48. The normalized spacial score (nSPS) is 13.3. The zero-order valence-electron chi connectivity index (χ0n) is 12.8. The van der Waals surface area contributed by atoms with Gasteiger partial charge in [-0.1, -0.05) is 0 Å². The molecule has 0 radical (unpaired) electrons. The summed E-state index contributed by atoms with van der Waals surface area (Å²) >= 11 is 0. The van der Waals surface area contributed by atoms with E-state index < -0.39 is 29.0 Å². The molecule has 5 nitrogen and oxygen atoms in total. The summed E-state index contributed by atoms with van der Waals surface area (Å²) in [5, 5.41) is 2.36. The van der Waals surface area contributed by atoms with Crippen LogP contribution >= 0.6 is 0 Å². The third-order valence-corrected chi connectivity index (χ3v) is 3.49. The molecular formula is C16H15F2NO4.